The molecule has 1 aromatic carbocycles. The van der Waals surface area contributed by atoms with Crippen LogP contribution in [0.15, 0.2) is 30.3 Å². The molecular formula is C16H17N3O2S. The molecule has 0 spiro atoms. The molecule has 2 aromatic rings. The summed E-state index contributed by atoms with van der Waals surface area (Å²) in [5.74, 6) is 0.0413. The fourth-order valence-corrected chi connectivity index (χ4v) is 3.32. The number of para-hydroxylation sites is 1. The van der Waals surface area contributed by atoms with Gasteiger partial charge in [-0.25, -0.2) is 4.98 Å². The molecule has 114 valence electrons. The Morgan fingerprint density at radius 2 is 1.82 bits per heavy atom. The maximum absolute atomic E-state index is 12.2. The lowest BCUT2D eigenvalue weighted by molar-refractivity contribution is -0.135. The highest BCUT2D eigenvalue weighted by molar-refractivity contribution is 7.19. The molecule has 1 fully saturated rings. The molecule has 0 bridgehead atoms. The molecule has 1 aliphatic heterocycles. The first kappa shape index (κ1) is 14.7. The summed E-state index contributed by atoms with van der Waals surface area (Å²) in [6.45, 7) is 3.95. The third-order valence-electron chi connectivity index (χ3n) is 3.72. The summed E-state index contributed by atoms with van der Waals surface area (Å²) in [7, 11) is 0. The number of thiazole rings is 1. The van der Waals surface area contributed by atoms with Gasteiger partial charge in [-0.2, -0.15) is 0 Å². The number of fused-ring (bicyclic) bond motifs is 1. The molecule has 5 nitrogen and oxygen atoms in total. The SMILES string of the molecule is CC(=O)N1CCN(C(=O)/C=C/c2nc3ccccc3s2)CC1. The van der Waals surface area contributed by atoms with Gasteiger partial charge in [-0.1, -0.05) is 12.1 Å². The molecule has 1 aliphatic rings. The van der Waals surface area contributed by atoms with Crippen LogP contribution in [0.25, 0.3) is 16.3 Å². The van der Waals surface area contributed by atoms with E-state index in [9.17, 15) is 9.59 Å². The number of nitrogens with zero attached hydrogens (tertiary/aromatic N) is 3. The van der Waals surface area contributed by atoms with E-state index in [0.29, 0.717) is 26.2 Å². The molecule has 0 unspecified atom stereocenters. The average Bonchev–Trinajstić information content (AvgIpc) is 2.95. The third-order valence-corrected chi connectivity index (χ3v) is 4.72. The number of hydrogen-bond donors (Lipinski definition) is 0. The Morgan fingerprint density at radius 3 is 2.50 bits per heavy atom. The van der Waals surface area contributed by atoms with Gasteiger partial charge >= 0.3 is 0 Å². The number of rotatable bonds is 2. The Hall–Kier alpha value is -2.21. The second-order valence-electron chi connectivity index (χ2n) is 5.18. The van der Waals surface area contributed by atoms with E-state index in [4.69, 9.17) is 0 Å². The van der Waals surface area contributed by atoms with Crippen LogP contribution in [0.4, 0.5) is 0 Å². The van der Waals surface area contributed by atoms with Crippen molar-refractivity contribution in [1.82, 2.24) is 14.8 Å². The van der Waals surface area contributed by atoms with Crippen LogP contribution in [0.3, 0.4) is 0 Å². The Morgan fingerprint density at radius 1 is 1.14 bits per heavy atom. The van der Waals surface area contributed by atoms with E-state index in [-0.39, 0.29) is 11.8 Å². The summed E-state index contributed by atoms with van der Waals surface area (Å²) < 4.78 is 1.12. The normalized spacial score (nSPS) is 15.7. The highest BCUT2D eigenvalue weighted by atomic mass is 32.1. The summed E-state index contributed by atoms with van der Waals surface area (Å²) in [6.07, 6.45) is 3.34. The molecule has 1 aromatic heterocycles. The Kier molecular flexibility index (Phi) is 4.20. The van der Waals surface area contributed by atoms with Gasteiger partial charge in [-0.3, -0.25) is 9.59 Å². The average molecular weight is 315 g/mol. The van der Waals surface area contributed by atoms with Gasteiger partial charge in [0.05, 0.1) is 10.2 Å². The third kappa shape index (κ3) is 3.17. The first-order valence-corrected chi connectivity index (χ1v) is 8.03. The van der Waals surface area contributed by atoms with Crippen molar-refractivity contribution in [3.8, 4) is 0 Å². The van der Waals surface area contributed by atoms with Gasteiger partial charge in [0.1, 0.15) is 5.01 Å². The molecule has 0 radical (unpaired) electrons. The minimum Gasteiger partial charge on any atom is -0.339 e. The molecule has 3 rings (SSSR count). The van der Waals surface area contributed by atoms with Gasteiger partial charge in [-0.15, -0.1) is 11.3 Å². The molecule has 22 heavy (non-hydrogen) atoms. The van der Waals surface area contributed by atoms with Crippen LogP contribution in [0.2, 0.25) is 0 Å². The Balaban J connectivity index is 1.63. The van der Waals surface area contributed by atoms with E-state index < -0.39 is 0 Å². The van der Waals surface area contributed by atoms with Gasteiger partial charge in [0.25, 0.3) is 0 Å². The molecular weight excluding hydrogens is 298 g/mol. The van der Waals surface area contributed by atoms with Gasteiger partial charge in [0.2, 0.25) is 11.8 Å². The summed E-state index contributed by atoms with van der Waals surface area (Å²) in [6, 6.07) is 7.92. The van der Waals surface area contributed by atoms with Crippen molar-refractivity contribution in [2.45, 2.75) is 6.92 Å². The standard InChI is InChI=1S/C16H17N3O2S/c1-12(20)18-8-10-19(11-9-18)16(21)7-6-15-17-13-4-2-3-5-14(13)22-15/h2-7H,8-11H2,1H3/b7-6+. The number of hydrogen-bond acceptors (Lipinski definition) is 4. The van der Waals surface area contributed by atoms with E-state index in [1.807, 2.05) is 24.3 Å². The highest BCUT2D eigenvalue weighted by Gasteiger charge is 2.20. The van der Waals surface area contributed by atoms with Crippen molar-refractivity contribution < 1.29 is 9.59 Å². The molecule has 0 aliphatic carbocycles. The van der Waals surface area contributed by atoms with Crippen LogP contribution >= 0.6 is 11.3 Å². The summed E-state index contributed by atoms with van der Waals surface area (Å²) >= 11 is 1.57. The van der Waals surface area contributed by atoms with E-state index in [2.05, 4.69) is 4.98 Å². The number of benzene rings is 1. The van der Waals surface area contributed by atoms with Crippen LogP contribution in [0.1, 0.15) is 11.9 Å². The summed E-state index contributed by atoms with van der Waals surface area (Å²) in [4.78, 5) is 31.5. The van der Waals surface area contributed by atoms with Crippen molar-refractivity contribution in [1.29, 1.82) is 0 Å². The maximum Gasteiger partial charge on any atom is 0.246 e. The smallest absolute Gasteiger partial charge is 0.246 e. The van der Waals surface area contributed by atoms with Crippen molar-refractivity contribution in [3.05, 3.63) is 35.3 Å². The molecule has 6 heteroatoms. The quantitative estimate of drug-likeness (QED) is 0.797. The van der Waals surface area contributed by atoms with Crippen LogP contribution in [-0.4, -0.2) is 52.8 Å². The van der Waals surface area contributed by atoms with Gasteiger partial charge in [0.15, 0.2) is 0 Å². The predicted molar refractivity (Wildman–Crippen MR) is 87.5 cm³/mol. The van der Waals surface area contributed by atoms with Crippen molar-refractivity contribution >= 4 is 39.4 Å². The lowest BCUT2D eigenvalue weighted by Crippen LogP contribution is -2.49. The Bertz CT molecular complexity index is 697. The number of carbonyl (C=O) groups excluding carboxylic acids is 2. The van der Waals surface area contributed by atoms with E-state index in [0.717, 1.165) is 15.2 Å². The van der Waals surface area contributed by atoms with Crippen LogP contribution in [-0.2, 0) is 9.59 Å². The lowest BCUT2D eigenvalue weighted by atomic mass is 10.3. The van der Waals surface area contributed by atoms with E-state index >= 15 is 0 Å². The van der Waals surface area contributed by atoms with Crippen LogP contribution < -0.4 is 0 Å². The topological polar surface area (TPSA) is 53.5 Å². The van der Waals surface area contributed by atoms with Gasteiger partial charge in [0, 0.05) is 39.2 Å². The monoisotopic (exact) mass is 315 g/mol. The van der Waals surface area contributed by atoms with E-state index in [1.165, 1.54) is 0 Å². The first-order chi connectivity index (χ1) is 10.6. The number of carbonyl (C=O) groups is 2. The van der Waals surface area contributed by atoms with Crippen LogP contribution in [0.5, 0.6) is 0 Å². The fourth-order valence-electron chi connectivity index (χ4n) is 2.45. The number of amides is 2. The molecule has 0 saturated carbocycles. The molecule has 0 N–H and O–H groups in total. The second-order valence-corrected chi connectivity index (χ2v) is 6.25. The summed E-state index contributed by atoms with van der Waals surface area (Å²) in [5.41, 5.74) is 0.953. The lowest BCUT2D eigenvalue weighted by Gasteiger charge is -2.33. The van der Waals surface area contributed by atoms with Crippen LogP contribution in [0, 0.1) is 0 Å². The van der Waals surface area contributed by atoms with Crippen molar-refractivity contribution in [2.24, 2.45) is 0 Å². The highest BCUT2D eigenvalue weighted by Crippen LogP contribution is 2.22. The summed E-state index contributed by atoms with van der Waals surface area (Å²) in [5, 5.41) is 0.830. The largest absolute Gasteiger partial charge is 0.339 e. The number of aromatic nitrogens is 1. The minimum atomic E-state index is -0.0255. The maximum atomic E-state index is 12.2. The van der Waals surface area contributed by atoms with E-state index in [1.54, 1.807) is 40.2 Å². The zero-order chi connectivity index (χ0) is 15.5. The number of piperazine rings is 1. The first-order valence-electron chi connectivity index (χ1n) is 7.21. The van der Waals surface area contributed by atoms with Crippen molar-refractivity contribution in [2.75, 3.05) is 26.2 Å². The van der Waals surface area contributed by atoms with Gasteiger partial charge < -0.3 is 9.80 Å². The minimum absolute atomic E-state index is 0.0255. The zero-order valence-corrected chi connectivity index (χ0v) is 13.2. The second kappa shape index (κ2) is 6.27. The molecule has 2 amide bonds. The molecule has 1 saturated heterocycles. The zero-order valence-electron chi connectivity index (χ0n) is 12.4. The Labute approximate surface area is 132 Å². The fraction of sp³-hybridized carbons (Fsp3) is 0.312. The molecule has 2 heterocycles. The molecule has 0 atom stereocenters. The van der Waals surface area contributed by atoms with Crippen molar-refractivity contribution in [3.63, 3.8) is 0 Å². The van der Waals surface area contributed by atoms with Gasteiger partial charge in [-0.05, 0) is 18.2 Å². The predicted octanol–water partition coefficient (Wildman–Crippen LogP) is 2.00.